The molecule has 6 unspecified atom stereocenters. The smallest absolute Gasteiger partial charge is 0.242 e. The summed E-state index contributed by atoms with van der Waals surface area (Å²) in [6.07, 6.45) is 3.22. The number of rotatable bonds is 7. The molecule has 2 aliphatic carbocycles. The lowest BCUT2D eigenvalue weighted by Gasteiger charge is -2.49. The molecule has 13 heteroatoms. The summed E-state index contributed by atoms with van der Waals surface area (Å²) in [5.41, 5.74) is 1.76. The summed E-state index contributed by atoms with van der Waals surface area (Å²) < 4.78 is 13.7. The van der Waals surface area contributed by atoms with Crippen LogP contribution in [0.25, 0.3) is 20.7 Å². The molecule has 4 aliphatic rings. The maximum atomic E-state index is 15.1. The number of likely N-dealkylation sites (tertiary alicyclic amines) is 1. The summed E-state index contributed by atoms with van der Waals surface area (Å²) in [6, 6.07) is 10.9. The number of imide groups is 2. The Balaban J connectivity index is 1.27. The molecular weight excluding hydrogens is 704 g/mol. The molecule has 2 saturated heterocycles. The fraction of sp³-hybridized carbons (Fsp3) is 0.410. The molecule has 1 saturated carbocycles. The number of amides is 4. The van der Waals surface area contributed by atoms with E-state index in [1.807, 2.05) is 45.0 Å². The van der Waals surface area contributed by atoms with E-state index in [1.165, 1.54) is 24.0 Å². The van der Waals surface area contributed by atoms with Gasteiger partial charge in [0, 0.05) is 35.3 Å². The lowest BCUT2D eigenvalue weighted by Crippen LogP contribution is -2.49. The number of anilines is 1. The summed E-state index contributed by atoms with van der Waals surface area (Å²) in [6.45, 7) is 6.09. The fourth-order valence-electron chi connectivity index (χ4n) is 9.42. The fourth-order valence-corrected chi connectivity index (χ4v) is 10.7. The molecular formula is C39H39ClN4O7S. The van der Waals surface area contributed by atoms with Gasteiger partial charge in [-0.1, -0.05) is 30.2 Å². The van der Waals surface area contributed by atoms with E-state index in [0.29, 0.717) is 41.5 Å². The highest BCUT2D eigenvalue weighted by Crippen LogP contribution is 2.64. The average Bonchev–Trinajstić information content (AvgIpc) is 3.79. The third kappa shape index (κ3) is 4.65. The predicted molar refractivity (Wildman–Crippen MR) is 197 cm³/mol. The van der Waals surface area contributed by atoms with Crippen LogP contribution in [0.2, 0.25) is 5.02 Å². The molecule has 3 fully saturated rings. The van der Waals surface area contributed by atoms with Crippen LogP contribution in [0.1, 0.15) is 50.2 Å². The number of thiophene rings is 1. The number of aryl methyl sites for hydroxylation is 2. The Labute approximate surface area is 309 Å². The van der Waals surface area contributed by atoms with Gasteiger partial charge in [0.1, 0.15) is 11.5 Å². The first-order valence-electron chi connectivity index (χ1n) is 17.5. The standard InChI is InChI=1S/C39H39ClN4O7S/c1-7-12-43-35(46)22-10-9-21-24(31(22)37(43)48)16-25-36(47)44(38(49)39(25,3)32(21)19-13-27(50-5)33(45)28(14-19)51-6)30-17-26(41-42(30)4)34-18(2)23-15-20(40)8-11-29(23)52-34/h8-9,11,13-15,17,22,24-25,31-32,45H,7,10,12,16H2,1-6H3. The zero-order valence-corrected chi connectivity index (χ0v) is 31.3. The first kappa shape index (κ1) is 34.4. The number of aromatic nitrogens is 2. The number of ether oxygens (including phenoxy) is 2. The van der Waals surface area contributed by atoms with Crippen molar-refractivity contribution in [2.45, 2.75) is 46.0 Å². The predicted octanol–water partition coefficient (Wildman–Crippen LogP) is 6.63. The van der Waals surface area contributed by atoms with Crippen LogP contribution in [0.4, 0.5) is 5.82 Å². The molecule has 1 N–H and O–H groups in total. The van der Waals surface area contributed by atoms with Gasteiger partial charge in [0.05, 0.1) is 42.3 Å². The Bertz CT molecular complexity index is 2230. The summed E-state index contributed by atoms with van der Waals surface area (Å²) in [5, 5.41) is 17.3. The molecule has 2 aliphatic heterocycles. The van der Waals surface area contributed by atoms with Crippen molar-refractivity contribution < 1.29 is 33.8 Å². The van der Waals surface area contributed by atoms with Crippen LogP contribution >= 0.6 is 22.9 Å². The number of fused-ring (bicyclic) bond motifs is 5. The molecule has 270 valence electrons. The third-order valence-corrected chi connectivity index (χ3v) is 13.4. The molecule has 0 bridgehead atoms. The second kappa shape index (κ2) is 12.2. The molecule has 4 amide bonds. The molecule has 0 radical (unpaired) electrons. The van der Waals surface area contributed by atoms with Gasteiger partial charge >= 0.3 is 0 Å². The number of phenolic OH excluding ortho intramolecular Hbond substituents is 1. The quantitative estimate of drug-likeness (QED) is 0.165. The number of carbonyl (C=O) groups excluding carboxylic acids is 4. The lowest BCUT2D eigenvalue weighted by atomic mass is 9.51. The van der Waals surface area contributed by atoms with Gasteiger partial charge in [-0.3, -0.25) is 28.8 Å². The number of carbonyl (C=O) groups is 4. The van der Waals surface area contributed by atoms with Crippen LogP contribution in [0, 0.1) is 36.0 Å². The zero-order chi connectivity index (χ0) is 37.0. The summed E-state index contributed by atoms with van der Waals surface area (Å²) >= 11 is 7.88. The average molecular weight is 743 g/mol. The molecule has 2 aromatic heterocycles. The zero-order valence-electron chi connectivity index (χ0n) is 29.7. The number of aromatic hydroxyl groups is 1. The van der Waals surface area contributed by atoms with Gasteiger partial charge in [-0.25, -0.2) is 4.90 Å². The Hall–Kier alpha value is -4.68. The summed E-state index contributed by atoms with van der Waals surface area (Å²) in [7, 11) is 4.58. The van der Waals surface area contributed by atoms with E-state index >= 15 is 4.79 Å². The number of hydrogen-bond donors (Lipinski definition) is 1. The molecule has 2 aromatic carbocycles. The minimum atomic E-state index is -1.30. The number of nitrogens with zero attached hydrogens (tertiary/aromatic N) is 4. The molecule has 11 nitrogen and oxygen atoms in total. The van der Waals surface area contributed by atoms with Gasteiger partial charge in [0.2, 0.25) is 29.4 Å². The Morgan fingerprint density at radius 2 is 1.73 bits per heavy atom. The number of hydrogen-bond acceptors (Lipinski definition) is 9. The lowest BCUT2D eigenvalue weighted by molar-refractivity contribution is -0.140. The van der Waals surface area contributed by atoms with Crippen molar-refractivity contribution in [1.82, 2.24) is 14.7 Å². The normalized spacial score (nSPS) is 26.9. The van der Waals surface area contributed by atoms with E-state index in [1.54, 1.807) is 41.3 Å². The van der Waals surface area contributed by atoms with E-state index in [-0.39, 0.29) is 41.4 Å². The Morgan fingerprint density at radius 1 is 1.02 bits per heavy atom. The minimum Gasteiger partial charge on any atom is -0.502 e. The second-order valence-electron chi connectivity index (χ2n) is 14.5. The summed E-state index contributed by atoms with van der Waals surface area (Å²) in [4.78, 5) is 61.0. The van der Waals surface area contributed by atoms with Crippen molar-refractivity contribution in [1.29, 1.82) is 0 Å². The third-order valence-electron chi connectivity index (χ3n) is 11.9. The van der Waals surface area contributed by atoms with Crippen molar-refractivity contribution >= 4 is 62.5 Å². The highest BCUT2D eigenvalue weighted by Gasteiger charge is 2.68. The van der Waals surface area contributed by atoms with E-state index in [2.05, 4.69) is 0 Å². The monoisotopic (exact) mass is 742 g/mol. The van der Waals surface area contributed by atoms with Crippen LogP contribution in [0.5, 0.6) is 17.2 Å². The van der Waals surface area contributed by atoms with Crippen molar-refractivity contribution in [2.24, 2.45) is 36.1 Å². The number of allylic oxidation sites excluding steroid dienone is 2. The van der Waals surface area contributed by atoms with E-state index in [0.717, 1.165) is 26.1 Å². The second-order valence-corrected chi connectivity index (χ2v) is 16.0. The number of halogens is 1. The molecule has 6 atom stereocenters. The number of methoxy groups -OCH3 is 2. The number of phenols is 1. The molecule has 0 spiro atoms. The van der Waals surface area contributed by atoms with Crippen molar-refractivity contribution in [3.8, 4) is 27.8 Å². The SMILES string of the molecule is CCCN1C(=O)C2CC=C3C(CC4C(=O)N(c5cc(-c6sc7ccc(Cl)cc7c6C)nn5C)C(=O)C4(C)C3c3cc(OC)c(O)c(OC)c3)C2C1=O. The van der Waals surface area contributed by atoms with Crippen LogP contribution in [-0.2, 0) is 26.2 Å². The van der Waals surface area contributed by atoms with Crippen LogP contribution in [0.3, 0.4) is 0 Å². The minimum absolute atomic E-state index is 0.150. The van der Waals surface area contributed by atoms with Crippen LogP contribution in [0.15, 0.2) is 48.0 Å². The van der Waals surface area contributed by atoms with E-state index in [4.69, 9.17) is 26.2 Å². The van der Waals surface area contributed by atoms with Crippen LogP contribution in [-0.4, -0.2) is 64.2 Å². The topological polar surface area (TPSA) is 131 Å². The highest BCUT2D eigenvalue weighted by molar-refractivity contribution is 7.22. The highest BCUT2D eigenvalue weighted by atomic mass is 35.5. The van der Waals surface area contributed by atoms with Gasteiger partial charge in [-0.2, -0.15) is 5.10 Å². The van der Waals surface area contributed by atoms with Gasteiger partial charge in [-0.05, 0) is 85.9 Å². The maximum absolute atomic E-state index is 15.1. The van der Waals surface area contributed by atoms with E-state index in [9.17, 15) is 19.5 Å². The maximum Gasteiger partial charge on any atom is 0.242 e. The largest absolute Gasteiger partial charge is 0.502 e. The first-order chi connectivity index (χ1) is 24.8. The van der Waals surface area contributed by atoms with Gasteiger partial charge in [0.25, 0.3) is 0 Å². The molecule has 8 rings (SSSR count). The van der Waals surface area contributed by atoms with Crippen molar-refractivity contribution in [3.63, 3.8) is 0 Å². The molecule has 4 heterocycles. The van der Waals surface area contributed by atoms with Crippen molar-refractivity contribution in [2.75, 3.05) is 25.7 Å². The van der Waals surface area contributed by atoms with Crippen molar-refractivity contribution in [3.05, 3.63) is 64.2 Å². The first-order valence-corrected chi connectivity index (χ1v) is 18.7. The Morgan fingerprint density at radius 3 is 2.40 bits per heavy atom. The summed E-state index contributed by atoms with van der Waals surface area (Å²) in [5.74, 6) is -3.88. The molecule has 52 heavy (non-hydrogen) atoms. The van der Waals surface area contributed by atoms with Crippen LogP contribution < -0.4 is 14.4 Å². The molecule has 4 aromatic rings. The number of benzene rings is 2. The van der Waals surface area contributed by atoms with Gasteiger partial charge in [-0.15, -0.1) is 11.3 Å². The van der Waals surface area contributed by atoms with E-state index < -0.39 is 40.9 Å². The van der Waals surface area contributed by atoms with Gasteiger partial charge in [0.15, 0.2) is 11.5 Å². The Kier molecular flexibility index (Phi) is 8.07. The van der Waals surface area contributed by atoms with Gasteiger partial charge < -0.3 is 14.6 Å².